The third kappa shape index (κ3) is 2.48. The fourth-order valence-corrected chi connectivity index (χ4v) is 2.35. The Kier molecular flexibility index (Phi) is 3.45. The molecule has 1 aliphatic carbocycles. The van der Waals surface area contributed by atoms with Gasteiger partial charge in [0.25, 0.3) is 0 Å². The average molecular weight is 237 g/mol. The summed E-state index contributed by atoms with van der Waals surface area (Å²) in [6.07, 6.45) is 5.99. The second-order valence-electron chi connectivity index (χ2n) is 4.75. The van der Waals surface area contributed by atoms with Gasteiger partial charge < -0.3 is 9.47 Å². The summed E-state index contributed by atoms with van der Waals surface area (Å²) < 4.78 is 10.2. The number of rotatable bonds is 3. The summed E-state index contributed by atoms with van der Waals surface area (Å²) >= 11 is 0. The summed E-state index contributed by atoms with van der Waals surface area (Å²) in [5, 5.41) is 0. The van der Waals surface area contributed by atoms with Crippen LogP contribution in [0.5, 0.6) is 12.0 Å². The van der Waals surface area contributed by atoms with E-state index in [0.29, 0.717) is 12.0 Å². The smallest absolute Gasteiger partial charge is 0.322 e. The van der Waals surface area contributed by atoms with Crippen molar-refractivity contribution in [2.75, 3.05) is 14.2 Å². The van der Waals surface area contributed by atoms with E-state index in [1.807, 2.05) is 0 Å². The summed E-state index contributed by atoms with van der Waals surface area (Å²) in [5.74, 6) is 0.793. The van der Waals surface area contributed by atoms with Crippen LogP contribution in [0.4, 0.5) is 0 Å². The van der Waals surface area contributed by atoms with Gasteiger partial charge >= 0.3 is 12.0 Å². The Labute approximate surface area is 102 Å². The highest BCUT2D eigenvalue weighted by atomic mass is 16.5. The molecule has 0 N–H and O–H groups in total. The van der Waals surface area contributed by atoms with Crippen molar-refractivity contribution in [2.24, 2.45) is 0 Å². The van der Waals surface area contributed by atoms with E-state index in [0.717, 1.165) is 18.7 Å². The van der Waals surface area contributed by atoms with Gasteiger partial charge in [0.05, 0.1) is 14.2 Å². The minimum absolute atomic E-state index is 0.0295. The van der Waals surface area contributed by atoms with Gasteiger partial charge in [-0.25, -0.2) is 0 Å². The Hall–Kier alpha value is -1.39. The fourth-order valence-electron chi connectivity index (χ4n) is 2.35. The monoisotopic (exact) mass is 237 g/mol. The average Bonchev–Trinajstić information content (AvgIpc) is 2.39. The molecule has 0 aliphatic heterocycles. The Morgan fingerprint density at radius 3 is 1.88 bits per heavy atom. The zero-order chi connectivity index (χ0) is 12.3. The highest BCUT2D eigenvalue weighted by Gasteiger charge is 2.32. The lowest BCUT2D eigenvalue weighted by molar-refractivity contribution is 0.281. The third-order valence-electron chi connectivity index (χ3n) is 3.46. The van der Waals surface area contributed by atoms with Crippen molar-refractivity contribution >= 4 is 0 Å². The van der Waals surface area contributed by atoms with Crippen LogP contribution >= 0.6 is 0 Å². The van der Waals surface area contributed by atoms with Crippen molar-refractivity contribution in [2.45, 2.75) is 44.4 Å². The van der Waals surface area contributed by atoms with Crippen LogP contribution < -0.4 is 9.47 Å². The van der Waals surface area contributed by atoms with Gasteiger partial charge in [-0.3, -0.25) is 0 Å². The van der Waals surface area contributed by atoms with E-state index in [1.54, 1.807) is 14.2 Å². The second kappa shape index (κ2) is 4.85. The highest BCUT2D eigenvalue weighted by Crippen LogP contribution is 2.37. The number of ether oxygens (including phenoxy) is 2. The van der Waals surface area contributed by atoms with Gasteiger partial charge in [0, 0.05) is 5.41 Å². The quantitative estimate of drug-likeness (QED) is 0.805. The van der Waals surface area contributed by atoms with Gasteiger partial charge in [0.1, 0.15) is 5.82 Å². The van der Waals surface area contributed by atoms with Gasteiger partial charge in [-0.2, -0.15) is 9.97 Å². The summed E-state index contributed by atoms with van der Waals surface area (Å²) in [4.78, 5) is 12.8. The molecule has 1 aromatic rings. The lowest BCUT2D eigenvalue weighted by Crippen LogP contribution is -2.28. The number of aromatic nitrogens is 3. The molecule has 0 saturated heterocycles. The predicted molar refractivity (Wildman–Crippen MR) is 63.4 cm³/mol. The molecule has 0 radical (unpaired) electrons. The largest absolute Gasteiger partial charge is 0.467 e. The van der Waals surface area contributed by atoms with Crippen LogP contribution in [0.25, 0.3) is 0 Å². The predicted octanol–water partition coefficient (Wildman–Crippen LogP) is 2.11. The van der Waals surface area contributed by atoms with E-state index in [4.69, 9.17) is 9.47 Å². The molecule has 5 nitrogen and oxygen atoms in total. The highest BCUT2D eigenvalue weighted by molar-refractivity contribution is 5.14. The van der Waals surface area contributed by atoms with E-state index in [1.165, 1.54) is 19.3 Å². The lowest BCUT2D eigenvalue weighted by atomic mass is 9.75. The topological polar surface area (TPSA) is 57.1 Å². The molecule has 17 heavy (non-hydrogen) atoms. The Morgan fingerprint density at radius 2 is 1.41 bits per heavy atom. The number of hydrogen-bond donors (Lipinski definition) is 0. The molecule has 1 fully saturated rings. The van der Waals surface area contributed by atoms with Gasteiger partial charge in [0.15, 0.2) is 0 Å². The van der Waals surface area contributed by atoms with E-state index in [-0.39, 0.29) is 5.41 Å². The molecule has 0 unspecified atom stereocenters. The number of methoxy groups -OCH3 is 2. The zero-order valence-corrected chi connectivity index (χ0v) is 10.7. The number of nitrogens with zero attached hydrogens (tertiary/aromatic N) is 3. The maximum atomic E-state index is 5.09. The van der Waals surface area contributed by atoms with Crippen molar-refractivity contribution in [1.82, 2.24) is 15.0 Å². The molecule has 94 valence electrons. The molecule has 5 heteroatoms. The molecule has 0 atom stereocenters. The summed E-state index contributed by atoms with van der Waals surface area (Å²) in [5.41, 5.74) is 0.0295. The van der Waals surface area contributed by atoms with Gasteiger partial charge in [-0.1, -0.05) is 26.2 Å². The van der Waals surface area contributed by atoms with Gasteiger partial charge in [-0.15, -0.1) is 4.98 Å². The molecule has 2 rings (SSSR count). The standard InChI is InChI=1S/C12H19N3O2/c1-12(7-5-4-6-8-12)9-13-10(16-2)15-11(14-9)17-3/h4-8H2,1-3H3. The second-order valence-corrected chi connectivity index (χ2v) is 4.75. The van der Waals surface area contributed by atoms with Crippen LogP contribution in [0, 0.1) is 0 Å². The Morgan fingerprint density at radius 1 is 0.882 bits per heavy atom. The first-order valence-corrected chi connectivity index (χ1v) is 6.02. The van der Waals surface area contributed by atoms with E-state index < -0.39 is 0 Å². The van der Waals surface area contributed by atoms with Crippen molar-refractivity contribution in [1.29, 1.82) is 0 Å². The first kappa shape index (κ1) is 12.1. The van der Waals surface area contributed by atoms with Crippen LogP contribution in [-0.2, 0) is 5.41 Å². The first-order chi connectivity index (χ1) is 8.18. The Bertz CT molecular complexity index is 367. The van der Waals surface area contributed by atoms with E-state index in [2.05, 4.69) is 21.9 Å². The minimum Gasteiger partial charge on any atom is -0.467 e. The van der Waals surface area contributed by atoms with Crippen LogP contribution in [0.3, 0.4) is 0 Å². The summed E-state index contributed by atoms with van der Waals surface area (Å²) in [6, 6.07) is 0.664. The molecule has 1 aliphatic rings. The molecule has 0 amide bonds. The van der Waals surface area contributed by atoms with Crippen molar-refractivity contribution < 1.29 is 9.47 Å². The maximum absolute atomic E-state index is 5.09. The number of hydrogen-bond acceptors (Lipinski definition) is 5. The van der Waals surface area contributed by atoms with Crippen molar-refractivity contribution in [3.05, 3.63) is 5.82 Å². The van der Waals surface area contributed by atoms with Crippen LogP contribution in [0.2, 0.25) is 0 Å². The molecule has 1 saturated carbocycles. The molecule has 1 heterocycles. The van der Waals surface area contributed by atoms with Crippen molar-refractivity contribution in [3.63, 3.8) is 0 Å². The lowest BCUT2D eigenvalue weighted by Gasteiger charge is -2.31. The third-order valence-corrected chi connectivity index (χ3v) is 3.46. The van der Waals surface area contributed by atoms with Gasteiger partial charge in [-0.05, 0) is 12.8 Å². The molecule has 0 bridgehead atoms. The first-order valence-electron chi connectivity index (χ1n) is 6.02. The SMILES string of the molecule is COc1nc(OC)nc(C2(C)CCCCC2)n1. The van der Waals surface area contributed by atoms with E-state index in [9.17, 15) is 0 Å². The minimum atomic E-state index is 0.0295. The maximum Gasteiger partial charge on any atom is 0.322 e. The molecule has 1 aromatic heterocycles. The molecular formula is C12H19N3O2. The molecule has 0 aromatic carbocycles. The molecule has 0 spiro atoms. The van der Waals surface area contributed by atoms with Crippen LogP contribution in [0.15, 0.2) is 0 Å². The van der Waals surface area contributed by atoms with Gasteiger partial charge in [0.2, 0.25) is 0 Å². The van der Waals surface area contributed by atoms with Crippen LogP contribution in [-0.4, -0.2) is 29.2 Å². The normalized spacial score (nSPS) is 18.8. The van der Waals surface area contributed by atoms with Crippen molar-refractivity contribution in [3.8, 4) is 12.0 Å². The van der Waals surface area contributed by atoms with Crippen LogP contribution in [0.1, 0.15) is 44.9 Å². The molecular weight excluding hydrogens is 218 g/mol. The summed E-state index contributed by atoms with van der Waals surface area (Å²) in [6.45, 7) is 2.21. The Balaban J connectivity index is 2.35. The fraction of sp³-hybridized carbons (Fsp3) is 0.750. The van der Waals surface area contributed by atoms with E-state index >= 15 is 0 Å². The summed E-state index contributed by atoms with van der Waals surface area (Å²) in [7, 11) is 3.11. The zero-order valence-electron chi connectivity index (χ0n) is 10.7.